The fourth-order valence-electron chi connectivity index (χ4n) is 2.29. The molecule has 3 nitrogen and oxygen atoms in total. The molecule has 4 heteroatoms. The number of hydrogen-bond acceptors (Lipinski definition) is 3. The van der Waals surface area contributed by atoms with Gasteiger partial charge in [-0.3, -0.25) is 4.79 Å². The third-order valence-electron chi connectivity index (χ3n) is 3.40. The van der Waals surface area contributed by atoms with Crippen LogP contribution in [0.4, 0.5) is 0 Å². The van der Waals surface area contributed by atoms with Crippen LogP contribution in [0.25, 0.3) is 11.3 Å². The van der Waals surface area contributed by atoms with Crippen molar-refractivity contribution in [3.8, 4) is 11.3 Å². The van der Waals surface area contributed by atoms with Crippen molar-refractivity contribution in [1.82, 2.24) is 9.55 Å². The summed E-state index contributed by atoms with van der Waals surface area (Å²) in [6.45, 7) is 0.306. The average Bonchev–Trinajstić information content (AvgIpc) is 2.99. The lowest BCUT2D eigenvalue weighted by atomic mass is 10.1. The van der Waals surface area contributed by atoms with Gasteiger partial charge in [0.25, 0.3) is 0 Å². The van der Waals surface area contributed by atoms with E-state index in [4.69, 9.17) is 0 Å². The Balaban J connectivity index is 1.88. The zero-order valence-electron chi connectivity index (χ0n) is 12.3. The first-order valence-corrected chi connectivity index (χ1v) is 8.25. The number of aromatic nitrogens is 2. The lowest BCUT2D eigenvalue weighted by Gasteiger charge is -2.04. The summed E-state index contributed by atoms with van der Waals surface area (Å²) >= 11 is 1.55. The monoisotopic (exact) mass is 308 g/mol. The van der Waals surface area contributed by atoms with E-state index in [1.807, 2.05) is 77.7 Å². The van der Waals surface area contributed by atoms with Gasteiger partial charge < -0.3 is 4.57 Å². The number of imidazole rings is 1. The van der Waals surface area contributed by atoms with Crippen molar-refractivity contribution >= 4 is 17.5 Å². The van der Waals surface area contributed by atoms with E-state index in [-0.39, 0.29) is 5.78 Å². The minimum atomic E-state index is 0.0907. The van der Waals surface area contributed by atoms with E-state index in [0.29, 0.717) is 6.54 Å². The molecule has 0 aliphatic rings. The predicted molar refractivity (Wildman–Crippen MR) is 90.2 cm³/mol. The molecular weight excluding hydrogens is 292 g/mol. The fraction of sp³-hybridized carbons (Fsp3) is 0.111. The molecular formula is C18H16N2OS. The lowest BCUT2D eigenvalue weighted by molar-refractivity contribution is 0.0969. The van der Waals surface area contributed by atoms with Crippen LogP contribution in [0.1, 0.15) is 10.4 Å². The van der Waals surface area contributed by atoms with E-state index in [0.717, 1.165) is 22.0 Å². The molecule has 110 valence electrons. The molecule has 0 radical (unpaired) electrons. The van der Waals surface area contributed by atoms with Gasteiger partial charge in [-0.1, -0.05) is 72.4 Å². The number of hydrogen-bond donors (Lipinski definition) is 0. The Hall–Kier alpha value is -2.33. The molecule has 3 aromatic rings. The quantitative estimate of drug-likeness (QED) is 0.524. The Morgan fingerprint density at radius 1 is 1.05 bits per heavy atom. The predicted octanol–water partition coefficient (Wildman–Crippen LogP) is 4.15. The zero-order valence-corrected chi connectivity index (χ0v) is 13.1. The topological polar surface area (TPSA) is 34.9 Å². The molecule has 0 N–H and O–H groups in total. The number of benzene rings is 2. The van der Waals surface area contributed by atoms with Gasteiger partial charge in [-0.05, 0) is 6.26 Å². The highest BCUT2D eigenvalue weighted by Crippen LogP contribution is 2.23. The van der Waals surface area contributed by atoms with E-state index in [1.165, 1.54) is 0 Å². The van der Waals surface area contributed by atoms with Gasteiger partial charge in [-0.2, -0.15) is 0 Å². The summed E-state index contributed by atoms with van der Waals surface area (Å²) in [4.78, 5) is 17.0. The number of carbonyl (C=O) groups is 1. The Kier molecular flexibility index (Phi) is 4.39. The molecule has 2 aromatic carbocycles. The Labute approximate surface area is 134 Å². The summed E-state index contributed by atoms with van der Waals surface area (Å²) in [5, 5.41) is 0.850. The highest BCUT2D eigenvalue weighted by atomic mass is 32.2. The number of nitrogens with zero attached hydrogens (tertiary/aromatic N) is 2. The summed E-state index contributed by atoms with van der Waals surface area (Å²) < 4.78 is 1.92. The Morgan fingerprint density at radius 2 is 1.68 bits per heavy atom. The first-order valence-electron chi connectivity index (χ1n) is 7.03. The SMILES string of the molecule is CSc1nc(-c2ccccc2)cn1CC(=O)c1ccccc1. The molecule has 0 unspecified atom stereocenters. The van der Waals surface area contributed by atoms with Gasteiger partial charge in [-0.25, -0.2) is 4.98 Å². The standard InChI is InChI=1S/C18H16N2OS/c1-22-18-19-16(14-8-4-2-5-9-14)12-20(18)13-17(21)15-10-6-3-7-11-15/h2-12H,13H2,1H3. The van der Waals surface area contributed by atoms with Gasteiger partial charge in [-0.15, -0.1) is 0 Å². The van der Waals surface area contributed by atoms with Crippen molar-refractivity contribution < 1.29 is 4.79 Å². The second-order valence-corrected chi connectivity index (χ2v) is 5.67. The average molecular weight is 308 g/mol. The van der Waals surface area contributed by atoms with Crippen molar-refractivity contribution in [2.75, 3.05) is 6.26 Å². The molecule has 0 spiro atoms. The molecule has 1 aromatic heterocycles. The Morgan fingerprint density at radius 3 is 2.32 bits per heavy atom. The second-order valence-electron chi connectivity index (χ2n) is 4.90. The molecule has 0 amide bonds. The van der Waals surface area contributed by atoms with E-state index in [1.54, 1.807) is 11.8 Å². The maximum Gasteiger partial charge on any atom is 0.182 e. The molecule has 22 heavy (non-hydrogen) atoms. The summed E-state index contributed by atoms with van der Waals surface area (Å²) in [5.41, 5.74) is 2.68. The van der Waals surface area contributed by atoms with Crippen LogP contribution in [0.15, 0.2) is 72.0 Å². The first-order chi connectivity index (χ1) is 10.8. The molecule has 0 fully saturated rings. The van der Waals surface area contributed by atoms with Crippen LogP contribution in [0.2, 0.25) is 0 Å². The summed E-state index contributed by atoms with van der Waals surface area (Å²) in [6.07, 6.45) is 3.92. The highest BCUT2D eigenvalue weighted by Gasteiger charge is 2.12. The van der Waals surface area contributed by atoms with Crippen LogP contribution in [0.5, 0.6) is 0 Å². The minimum absolute atomic E-state index is 0.0907. The van der Waals surface area contributed by atoms with Crippen molar-refractivity contribution in [2.45, 2.75) is 11.7 Å². The highest BCUT2D eigenvalue weighted by molar-refractivity contribution is 7.98. The number of Topliss-reactive ketones (excluding diaryl/α,β-unsaturated/α-hetero) is 1. The normalized spacial score (nSPS) is 10.6. The molecule has 0 atom stereocenters. The van der Waals surface area contributed by atoms with E-state index in [2.05, 4.69) is 4.98 Å². The van der Waals surface area contributed by atoms with Crippen LogP contribution >= 0.6 is 11.8 Å². The van der Waals surface area contributed by atoms with Crippen molar-refractivity contribution in [3.05, 3.63) is 72.4 Å². The molecule has 0 saturated carbocycles. The van der Waals surface area contributed by atoms with Gasteiger partial charge in [0.2, 0.25) is 0 Å². The summed E-state index contributed by atoms with van der Waals surface area (Å²) in [7, 11) is 0. The van der Waals surface area contributed by atoms with Gasteiger partial charge in [0, 0.05) is 17.3 Å². The van der Waals surface area contributed by atoms with Crippen molar-refractivity contribution in [3.63, 3.8) is 0 Å². The fourth-order valence-corrected chi connectivity index (χ4v) is 2.83. The number of carbonyl (C=O) groups excluding carboxylic acids is 1. The van der Waals surface area contributed by atoms with E-state index in [9.17, 15) is 4.79 Å². The molecule has 0 aliphatic heterocycles. The maximum absolute atomic E-state index is 12.4. The third kappa shape index (κ3) is 3.12. The van der Waals surface area contributed by atoms with Gasteiger partial charge in [0.15, 0.2) is 10.9 Å². The van der Waals surface area contributed by atoms with Crippen molar-refractivity contribution in [1.29, 1.82) is 0 Å². The van der Waals surface area contributed by atoms with Gasteiger partial charge >= 0.3 is 0 Å². The molecule has 0 bridgehead atoms. The smallest absolute Gasteiger partial charge is 0.182 e. The molecule has 0 aliphatic carbocycles. The minimum Gasteiger partial charge on any atom is -0.318 e. The van der Waals surface area contributed by atoms with Crippen LogP contribution in [0.3, 0.4) is 0 Å². The molecule has 0 saturated heterocycles. The third-order valence-corrected chi connectivity index (χ3v) is 4.09. The van der Waals surface area contributed by atoms with Crippen LogP contribution in [0, 0.1) is 0 Å². The van der Waals surface area contributed by atoms with Gasteiger partial charge in [0.1, 0.15) is 0 Å². The van der Waals surface area contributed by atoms with E-state index < -0.39 is 0 Å². The van der Waals surface area contributed by atoms with Crippen molar-refractivity contribution in [2.24, 2.45) is 0 Å². The Bertz CT molecular complexity index is 766. The zero-order chi connectivity index (χ0) is 15.4. The van der Waals surface area contributed by atoms with E-state index >= 15 is 0 Å². The van der Waals surface area contributed by atoms with Crippen LogP contribution in [-0.2, 0) is 6.54 Å². The number of rotatable bonds is 5. The molecule has 1 heterocycles. The second kappa shape index (κ2) is 6.62. The number of ketones is 1. The largest absolute Gasteiger partial charge is 0.318 e. The van der Waals surface area contributed by atoms with Crippen LogP contribution < -0.4 is 0 Å². The van der Waals surface area contributed by atoms with Crippen LogP contribution in [-0.4, -0.2) is 21.6 Å². The summed E-state index contributed by atoms with van der Waals surface area (Å²) in [5.74, 6) is 0.0907. The number of thioether (sulfide) groups is 1. The van der Waals surface area contributed by atoms with Gasteiger partial charge in [0.05, 0.1) is 12.2 Å². The first kappa shape index (κ1) is 14.6. The summed E-state index contributed by atoms with van der Waals surface area (Å²) in [6, 6.07) is 19.4. The molecule has 3 rings (SSSR count). The maximum atomic E-state index is 12.4. The lowest BCUT2D eigenvalue weighted by Crippen LogP contribution is -2.10.